The van der Waals surface area contributed by atoms with Crippen molar-refractivity contribution in [1.29, 1.82) is 0 Å². The van der Waals surface area contributed by atoms with Gasteiger partial charge < -0.3 is 24.3 Å². The van der Waals surface area contributed by atoms with E-state index in [0.29, 0.717) is 28.5 Å². The number of carbonyl (C=O) groups is 1. The Hall–Kier alpha value is -2.63. The molecule has 1 aromatic carbocycles. The Morgan fingerprint density at radius 3 is 2.38 bits per heavy atom. The van der Waals surface area contributed by atoms with Gasteiger partial charge in [-0.3, -0.25) is 0 Å². The predicted octanol–water partition coefficient (Wildman–Crippen LogP) is 2.50. The molecular formula is C15H17NO5. The number of methoxy groups -OCH3 is 3. The van der Waals surface area contributed by atoms with E-state index in [2.05, 4.69) is 9.72 Å². The van der Waals surface area contributed by atoms with Gasteiger partial charge in [-0.05, 0) is 25.1 Å². The van der Waals surface area contributed by atoms with Crippen molar-refractivity contribution in [2.75, 3.05) is 21.3 Å². The van der Waals surface area contributed by atoms with E-state index < -0.39 is 5.97 Å². The smallest absolute Gasteiger partial charge is 0.343 e. The molecule has 0 aliphatic heterocycles. The van der Waals surface area contributed by atoms with Crippen LogP contribution in [0.3, 0.4) is 0 Å². The fourth-order valence-electron chi connectivity index (χ4n) is 2.16. The van der Waals surface area contributed by atoms with Crippen molar-refractivity contribution in [3.63, 3.8) is 0 Å². The fraction of sp³-hybridized carbons (Fsp3) is 0.267. The van der Waals surface area contributed by atoms with E-state index in [1.807, 2.05) is 0 Å². The van der Waals surface area contributed by atoms with Gasteiger partial charge >= 0.3 is 5.97 Å². The Bertz CT molecular complexity index is 675. The highest BCUT2D eigenvalue weighted by Crippen LogP contribution is 2.38. The van der Waals surface area contributed by atoms with Crippen LogP contribution in [-0.4, -0.2) is 37.4 Å². The number of benzene rings is 1. The average molecular weight is 291 g/mol. The van der Waals surface area contributed by atoms with Crippen LogP contribution in [0.2, 0.25) is 0 Å². The molecule has 0 saturated heterocycles. The highest BCUT2D eigenvalue weighted by molar-refractivity contribution is 5.96. The molecular weight excluding hydrogens is 274 g/mol. The van der Waals surface area contributed by atoms with Crippen LogP contribution in [0.15, 0.2) is 18.2 Å². The molecule has 1 heterocycles. The second kappa shape index (κ2) is 5.78. The molecule has 0 amide bonds. The van der Waals surface area contributed by atoms with Crippen LogP contribution in [0.25, 0.3) is 11.3 Å². The molecule has 0 radical (unpaired) electrons. The zero-order chi connectivity index (χ0) is 15.6. The van der Waals surface area contributed by atoms with Crippen molar-refractivity contribution in [3.05, 3.63) is 29.5 Å². The van der Waals surface area contributed by atoms with Gasteiger partial charge in [0.15, 0.2) is 17.2 Å². The lowest BCUT2D eigenvalue weighted by molar-refractivity contribution is 0.0597. The molecule has 2 N–H and O–H groups in total. The maximum absolute atomic E-state index is 11.7. The minimum atomic E-state index is -0.590. The molecule has 21 heavy (non-hydrogen) atoms. The number of hydrogen-bond acceptors (Lipinski definition) is 5. The second-order valence-electron chi connectivity index (χ2n) is 4.41. The Balaban J connectivity index is 2.55. The first kappa shape index (κ1) is 14.8. The topological polar surface area (TPSA) is 80.8 Å². The quantitative estimate of drug-likeness (QED) is 0.846. The molecule has 0 spiro atoms. The molecule has 0 unspecified atom stereocenters. The Morgan fingerprint density at radius 1 is 1.14 bits per heavy atom. The number of aromatic amines is 1. The number of carbonyl (C=O) groups excluding carboxylic acids is 1. The van der Waals surface area contributed by atoms with Crippen molar-refractivity contribution < 1.29 is 24.1 Å². The highest BCUT2D eigenvalue weighted by Gasteiger charge is 2.22. The van der Waals surface area contributed by atoms with Gasteiger partial charge in [0.25, 0.3) is 0 Å². The van der Waals surface area contributed by atoms with Gasteiger partial charge in [0.2, 0.25) is 0 Å². The van der Waals surface area contributed by atoms with Crippen LogP contribution in [-0.2, 0) is 4.74 Å². The van der Waals surface area contributed by atoms with Crippen LogP contribution >= 0.6 is 0 Å². The van der Waals surface area contributed by atoms with Gasteiger partial charge in [-0.25, -0.2) is 4.79 Å². The van der Waals surface area contributed by atoms with Gasteiger partial charge in [0.1, 0.15) is 5.56 Å². The van der Waals surface area contributed by atoms with Crippen LogP contribution in [0.5, 0.6) is 17.2 Å². The zero-order valence-corrected chi connectivity index (χ0v) is 12.3. The van der Waals surface area contributed by atoms with E-state index in [4.69, 9.17) is 9.47 Å². The first-order valence-corrected chi connectivity index (χ1v) is 6.25. The van der Waals surface area contributed by atoms with Crippen LogP contribution in [0.4, 0.5) is 0 Å². The van der Waals surface area contributed by atoms with Crippen molar-refractivity contribution in [3.8, 4) is 28.5 Å². The summed E-state index contributed by atoms with van der Waals surface area (Å²) in [4.78, 5) is 14.7. The summed E-state index contributed by atoms with van der Waals surface area (Å²) in [6.45, 7) is 1.69. The summed E-state index contributed by atoms with van der Waals surface area (Å²) in [7, 11) is 4.34. The number of nitrogens with one attached hydrogen (secondary N) is 1. The molecule has 6 heteroatoms. The lowest BCUT2D eigenvalue weighted by atomic mass is 10.1. The molecule has 0 atom stereocenters. The minimum Gasteiger partial charge on any atom is -0.505 e. The van der Waals surface area contributed by atoms with Crippen molar-refractivity contribution >= 4 is 5.97 Å². The normalized spacial score (nSPS) is 10.3. The SMILES string of the molecule is COC(=O)c1c(C)[nH]c(-c2ccc(OC)c(OC)c2)c1O. The lowest BCUT2D eigenvalue weighted by Crippen LogP contribution is -2.01. The summed E-state index contributed by atoms with van der Waals surface area (Å²) in [6.07, 6.45) is 0. The molecule has 0 aliphatic carbocycles. The maximum Gasteiger partial charge on any atom is 0.343 e. The molecule has 0 fully saturated rings. The van der Waals surface area contributed by atoms with E-state index >= 15 is 0 Å². The fourth-order valence-corrected chi connectivity index (χ4v) is 2.16. The van der Waals surface area contributed by atoms with E-state index in [1.165, 1.54) is 14.2 Å². The van der Waals surface area contributed by atoms with E-state index in [9.17, 15) is 9.90 Å². The Kier molecular flexibility index (Phi) is 4.07. The van der Waals surface area contributed by atoms with Crippen LogP contribution in [0.1, 0.15) is 16.1 Å². The summed E-state index contributed by atoms with van der Waals surface area (Å²) >= 11 is 0. The number of aromatic nitrogens is 1. The van der Waals surface area contributed by atoms with Gasteiger partial charge in [-0.15, -0.1) is 0 Å². The third-order valence-corrected chi connectivity index (χ3v) is 3.22. The third kappa shape index (κ3) is 2.52. The molecule has 112 valence electrons. The van der Waals surface area contributed by atoms with Crippen molar-refractivity contribution in [2.45, 2.75) is 6.92 Å². The first-order valence-electron chi connectivity index (χ1n) is 6.25. The molecule has 2 aromatic rings. The van der Waals surface area contributed by atoms with E-state index in [0.717, 1.165) is 0 Å². The number of hydrogen-bond donors (Lipinski definition) is 2. The maximum atomic E-state index is 11.7. The van der Waals surface area contributed by atoms with Crippen molar-refractivity contribution in [1.82, 2.24) is 4.98 Å². The largest absolute Gasteiger partial charge is 0.505 e. The van der Waals surface area contributed by atoms with Crippen molar-refractivity contribution in [2.24, 2.45) is 0 Å². The Labute approximate surface area is 122 Å². The van der Waals surface area contributed by atoms with Gasteiger partial charge in [0, 0.05) is 11.3 Å². The number of ether oxygens (including phenoxy) is 3. The number of aromatic hydroxyl groups is 1. The summed E-state index contributed by atoms with van der Waals surface area (Å²) in [5.74, 6) is 0.373. The summed E-state index contributed by atoms with van der Waals surface area (Å²) in [6, 6.07) is 5.19. The second-order valence-corrected chi connectivity index (χ2v) is 4.41. The molecule has 1 aromatic heterocycles. The molecule has 0 saturated carbocycles. The Morgan fingerprint density at radius 2 is 1.81 bits per heavy atom. The minimum absolute atomic E-state index is 0.127. The van der Waals surface area contributed by atoms with Gasteiger partial charge in [0.05, 0.1) is 27.0 Å². The number of esters is 1. The molecule has 2 rings (SSSR count). The summed E-state index contributed by atoms with van der Waals surface area (Å²) in [5, 5.41) is 10.3. The van der Waals surface area contributed by atoms with Crippen LogP contribution in [0, 0.1) is 6.92 Å². The zero-order valence-electron chi connectivity index (χ0n) is 12.3. The summed E-state index contributed by atoms with van der Waals surface area (Å²) in [5.41, 5.74) is 1.75. The monoisotopic (exact) mass is 291 g/mol. The molecule has 6 nitrogen and oxygen atoms in total. The van der Waals surface area contributed by atoms with E-state index in [-0.39, 0.29) is 11.3 Å². The standard InChI is InChI=1S/C15H17NO5/c1-8-12(15(18)21-4)14(17)13(16-8)9-5-6-10(19-2)11(7-9)20-3/h5-7,16-17H,1-4H3. The number of rotatable bonds is 4. The molecule has 0 bridgehead atoms. The van der Waals surface area contributed by atoms with Crippen LogP contribution < -0.4 is 9.47 Å². The predicted molar refractivity (Wildman–Crippen MR) is 77.1 cm³/mol. The number of aryl methyl sites for hydroxylation is 1. The van der Waals surface area contributed by atoms with Gasteiger partial charge in [-0.1, -0.05) is 0 Å². The summed E-state index contributed by atoms with van der Waals surface area (Å²) < 4.78 is 15.1. The highest BCUT2D eigenvalue weighted by atomic mass is 16.5. The number of H-pyrrole nitrogens is 1. The first-order chi connectivity index (χ1) is 10.0. The van der Waals surface area contributed by atoms with E-state index in [1.54, 1.807) is 32.2 Å². The third-order valence-electron chi connectivity index (χ3n) is 3.22. The lowest BCUT2D eigenvalue weighted by Gasteiger charge is -2.09. The molecule has 0 aliphatic rings. The van der Waals surface area contributed by atoms with Gasteiger partial charge in [-0.2, -0.15) is 0 Å². The average Bonchev–Trinajstić information content (AvgIpc) is 2.80.